The van der Waals surface area contributed by atoms with Crippen LogP contribution in [0.15, 0.2) is 57.6 Å². The molecule has 1 aromatic rings. The number of oxime groups is 1. The second-order valence-electron chi connectivity index (χ2n) is 6.34. The molecule has 134 valence electrons. The van der Waals surface area contributed by atoms with Crippen molar-refractivity contribution in [2.45, 2.75) is 32.6 Å². The van der Waals surface area contributed by atoms with Gasteiger partial charge in [0.1, 0.15) is 10.6 Å². The molecule has 7 heteroatoms. The van der Waals surface area contributed by atoms with Crippen LogP contribution < -0.4 is 0 Å². The molecule has 0 N–H and O–H groups in total. The minimum Gasteiger partial charge on any atom is -0.289 e. The first-order valence-corrected chi connectivity index (χ1v) is 9.65. The molecular weight excluding hydrogens is 362 g/mol. The first-order chi connectivity index (χ1) is 11.6. The SMILES string of the molecule is CC(C)C1=CC(=NOS(=O)(=O)c2ccc(Cl)cc2)C=C(C(C)C)C1=O. The summed E-state index contributed by atoms with van der Waals surface area (Å²) in [5.74, 6) is -0.0504. The van der Waals surface area contributed by atoms with Crippen LogP contribution in [0.1, 0.15) is 27.7 Å². The molecule has 0 aliphatic heterocycles. The van der Waals surface area contributed by atoms with Crippen molar-refractivity contribution in [1.82, 2.24) is 0 Å². The predicted octanol–water partition coefficient (Wildman–Crippen LogP) is 4.15. The smallest absolute Gasteiger partial charge is 0.289 e. The highest BCUT2D eigenvalue weighted by molar-refractivity contribution is 7.86. The standard InChI is InChI=1S/C18H20ClNO4S/c1-11(2)16-9-14(10-17(12(3)4)18(16)21)20-24-25(22,23)15-7-5-13(19)6-8-15/h5-12H,1-4H3. The van der Waals surface area contributed by atoms with Crippen molar-refractivity contribution < 1.29 is 17.5 Å². The van der Waals surface area contributed by atoms with Crippen molar-refractivity contribution in [3.8, 4) is 0 Å². The van der Waals surface area contributed by atoms with Gasteiger partial charge in [0.2, 0.25) is 0 Å². The van der Waals surface area contributed by atoms with Crippen LogP contribution in [0.2, 0.25) is 5.02 Å². The number of hydrogen-bond donors (Lipinski definition) is 0. The van der Waals surface area contributed by atoms with Gasteiger partial charge in [-0.15, -0.1) is 0 Å². The molecular formula is C18H20ClNO4S. The lowest BCUT2D eigenvalue weighted by Crippen LogP contribution is -2.21. The zero-order chi connectivity index (χ0) is 18.8. The minimum atomic E-state index is -4.05. The number of Topliss-reactive ketones (excluding diaryl/α,β-unsaturated/α-hetero) is 1. The van der Waals surface area contributed by atoms with E-state index in [4.69, 9.17) is 15.9 Å². The van der Waals surface area contributed by atoms with Gasteiger partial charge in [-0.05, 0) is 48.3 Å². The van der Waals surface area contributed by atoms with Crippen molar-refractivity contribution in [3.05, 3.63) is 52.6 Å². The molecule has 0 bridgehead atoms. The normalized spacial score (nSPS) is 15.3. The Labute approximate surface area is 153 Å². The third kappa shape index (κ3) is 4.58. The van der Waals surface area contributed by atoms with E-state index in [1.165, 1.54) is 24.3 Å². The van der Waals surface area contributed by atoms with Crippen molar-refractivity contribution in [1.29, 1.82) is 0 Å². The number of rotatable bonds is 5. The zero-order valence-electron chi connectivity index (χ0n) is 14.5. The van der Waals surface area contributed by atoms with Crippen LogP contribution in [0.25, 0.3) is 0 Å². The lowest BCUT2D eigenvalue weighted by atomic mass is 9.84. The molecule has 1 aliphatic carbocycles. The first kappa shape index (κ1) is 19.4. The lowest BCUT2D eigenvalue weighted by molar-refractivity contribution is -0.113. The maximum Gasteiger partial charge on any atom is 0.358 e. The maximum atomic E-state index is 12.4. The Hall–Kier alpha value is -1.92. The summed E-state index contributed by atoms with van der Waals surface area (Å²) in [6.07, 6.45) is 3.13. The summed E-state index contributed by atoms with van der Waals surface area (Å²) < 4.78 is 29.2. The first-order valence-electron chi connectivity index (χ1n) is 7.87. The molecule has 25 heavy (non-hydrogen) atoms. The molecule has 0 atom stereocenters. The Bertz CT molecular complexity index is 833. The van der Waals surface area contributed by atoms with E-state index in [0.29, 0.717) is 21.9 Å². The summed E-state index contributed by atoms with van der Waals surface area (Å²) >= 11 is 5.75. The van der Waals surface area contributed by atoms with E-state index in [1.807, 2.05) is 27.7 Å². The van der Waals surface area contributed by atoms with Crippen molar-refractivity contribution in [2.75, 3.05) is 0 Å². The number of allylic oxidation sites excluding steroid dienone is 4. The Morgan fingerprint density at radius 1 is 0.960 bits per heavy atom. The molecule has 0 radical (unpaired) electrons. The fraction of sp³-hybridized carbons (Fsp3) is 0.333. The van der Waals surface area contributed by atoms with Crippen molar-refractivity contribution in [2.24, 2.45) is 17.0 Å². The van der Waals surface area contributed by atoms with Gasteiger partial charge >= 0.3 is 10.1 Å². The fourth-order valence-corrected chi connectivity index (χ4v) is 3.17. The molecule has 1 aliphatic rings. The number of benzene rings is 1. The van der Waals surface area contributed by atoms with Gasteiger partial charge < -0.3 is 0 Å². The van der Waals surface area contributed by atoms with Gasteiger partial charge in [-0.1, -0.05) is 44.5 Å². The number of nitrogens with zero attached hydrogens (tertiary/aromatic N) is 1. The van der Waals surface area contributed by atoms with Gasteiger partial charge in [0.15, 0.2) is 5.78 Å². The molecule has 0 unspecified atom stereocenters. The largest absolute Gasteiger partial charge is 0.358 e. The molecule has 0 heterocycles. The highest BCUT2D eigenvalue weighted by atomic mass is 35.5. The third-order valence-corrected chi connectivity index (χ3v) is 5.09. The fourth-order valence-electron chi connectivity index (χ4n) is 2.30. The Morgan fingerprint density at radius 2 is 1.44 bits per heavy atom. The number of halogens is 1. The highest BCUT2D eigenvalue weighted by Crippen LogP contribution is 2.25. The molecule has 0 saturated carbocycles. The van der Waals surface area contributed by atoms with E-state index < -0.39 is 10.1 Å². The molecule has 0 amide bonds. The lowest BCUT2D eigenvalue weighted by Gasteiger charge is -2.19. The van der Waals surface area contributed by atoms with Gasteiger partial charge in [0.05, 0.1) is 0 Å². The van der Waals surface area contributed by atoms with Crippen molar-refractivity contribution in [3.63, 3.8) is 0 Å². The van der Waals surface area contributed by atoms with Crippen LogP contribution in [-0.4, -0.2) is 19.9 Å². The number of ketones is 1. The van der Waals surface area contributed by atoms with E-state index in [-0.39, 0.29) is 22.5 Å². The van der Waals surface area contributed by atoms with Gasteiger partial charge in [0.25, 0.3) is 0 Å². The van der Waals surface area contributed by atoms with E-state index in [9.17, 15) is 13.2 Å². The number of hydrogen-bond acceptors (Lipinski definition) is 5. The minimum absolute atomic E-state index is 0.00646. The van der Waals surface area contributed by atoms with E-state index in [0.717, 1.165) is 0 Å². The highest BCUT2D eigenvalue weighted by Gasteiger charge is 2.25. The monoisotopic (exact) mass is 381 g/mol. The summed E-state index contributed by atoms with van der Waals surface area (Å²) in [6.45, 7) is 7.59. The number of carbonyl (C=O) groups is 1. The van der Waals surface area contributed by atoms with Crippen LogP contribution >= 0.6 is 11.6 Å². The van der Waals surface area contributed by atoms with Crippen molar-refractivity contribution >= 4 is 33.2 Å². The Morgan fingerprint density at radius 3 is 1.88 bits per heavy atom. The summed E-state index contributed by atoms with van der Waals surface area (Å²) in [6, 6.07) is 5.59. The second kappa shape index (κ2) is 7.54. The van der Waals surface area contributed by atoms with Crippen LogP contribution in [0.5, 0.6) is 0 Å². The number of carbonyl (C=O) groups excluding carboxylic acids is 1. The molecule has 2 rings (SSSR count). The van der Waals surface area contributed by atoms with Gasteiger partial charge in [-0.25, -0.2) is 0 Å². The maximum absolute atomic E-state index is 12.4. The molecule has 0 saturated heterocycles. The third-order valence-electron chi connectivity index (χ3n) is 3.72. The van der Waals surface area contributed by atoms with Crippen LogP contribution in [0.4, 0.5) is 0 Å². The summed E-state index contributed by atoms with van der Waals surface area (Å²) in [4.78, 5) is 12.4. The molecule has 1 aromatic carbocycles. The van der Waals surface area contributed by atoms with Gasteiger partial charge in [-0.2, -0.15) is 8.42 Å². The van der Waals surface area contributed by atoms with E-state index in [1.54, 1.807) is 12.2 Å². The van der Waals surface area contributed by atoms with E-state index >= 15 is 0 Å². The average molecular weight is 382 g/mol. The topological polar surface area (TPSA) is 72.8 Å². The van der Waals surface area contributed by atoms with E-state index in [2.05, 4.69) is 5.16 Å². The molecule has 0 spiro atoms. The zero-order valence-corrected chi connectivity index (χ0v) is 16.1. The quantitative estimate of drug-likeness (QED) is 0.567. The second-order valence-corrected chi connectivity index (χ2v) is 8.30. The Balaban J connectivity index is 2.35. The van der Waals surface area contributed by atoms with Crippen LogP contribution in [0, 0.1) is 11.8 Å². The summed E-state index contributed by atoms with van der Waals surface area (Å²) in [5, 5.41) is 4.17. The summed E-state index contributed by atoms with van der Waals surface area (Å²) in [7, 11) is -4.05. The molecule has 0 aromatic heterocycles. The molecule has 5 nitrogen and oxygen atoms in total. The van der Waals surface area contributed by atoms with Crippen LogP contribution in [-0.2, 0) is 19.2 Å². The summed E-state index contributed by atoms with van der Waals surface area (Å²) in [5.41, 5.74) is 1.46. The molecule has 0 fully saturated rings. The van der Waals surface area contributed by atoms with Gasteiger partial charge in [-0.3, -0.25) is 9.08 Å². The predicted molar refractivity (Wildman–Crippen MR) is 98.0 cm³/mol. The van der Waals surface area contributed by atoms with Crippen LogP contribution in [0.3, 0.4) is 0 Å². The average Bonchev–Trinajstić information content (AvgIpc) is 2.53. The Kier molecular flexibility index (Phi) is 5.85. The van der Waals surface area contributed by atoms with Gasteiger partial charge in [0, 0.05) is 16.2 Å².